The second-order valence-electron chi connectivity index (χ2n) is 7.64. The molecule has 0 unspecified atom stereocenters. The van der Waals surface area contributed by atoms with Crippen LogP contribution in [-0.4, -0.2) is 41.1 Å². The fourth-order valence-corrected chi connectivity index (χ4v) is 4.42. The number of benzene rings is 3. The first-order valence-corrected chi connectivity index (χ1v) is 12.4. The lowest BCUT2D eigenvalue weighted by Gasteiger charge is -2.17. The maximum absolute atomic E-state index is 13.1. The second kappa shape index (κ2) is 11.4. The molecule has 0 atom stereocenters. The van der Waals surface area contributed by atoms with Crippen molar-refractivity contribution in [2.75, 3.05) is 30.9 Å². The lowest BCUT2D eigenvalue weighted by Crippen LogP contribution is -2.17. The molecule has 1 amide bonds. The number of carbonyl (C=O) groups excluding carboxylic acids is 2. The minimum atomic E-state index is -4.75. The summed E-state index contributed by atoms with van der Waals surface area (Å²) in [5, 5.41) is 2.60. The number of halogens is 3. The van der Waals surface area contributed by atoms with Gasteiger partial charge in [-0.3, -0.25) is 9.52 Å². The monoisotopic (exact) mass is 552 g/mol. The summed E-state index contributed by atoms with van der Waals surface area (Å²) in [6.45, 7) is 1.88. The molecule has 0 spiro atoms. The van der Waals surface area contributed by atoms with Gasteiger partial charge in [0.15, 0.2) is 11.5 Å². The highest BCUT2D eigenvalue weighted by Gasteiger charge is 2.32. The van der Waals surface area contributed by atoms with Crippen LogP contribution in [0.2, 0.25) is 0 Å². The van der Waals surface area contributed by atoms with Gasteiger partial charge in [0.2, 0.25) is 0 Å². The van der Waals surface area contributed by atoms with E-state index in [9.17, 15) is 31.2 Å². The van der Waals surface area contributed by atoms with Crippen molar-refractivity contribution in [1.29, 1.82) is 0 Å². The smallest absolute Gasteiger partial charge is 0.416 e. The number of carbonyl (C=O) groups is 2. The number of nitrogens with one attached hydrogen (secondary N) is 2. The summed E-state index contributed by atoms with van der Waals surface area (Å²) in [6.07, 6.45) is -4.75. The average molecular weight is 553 g/mol. The van der Waals surface area contributed by atoms with Crippen LogP contribution in [0.5, 0.6) is 11.5 Å². The first-order chi connectivity index (χ1) is 17.9. The topological polar surface area (TPSA) is 120 Å². The quantitative estimate of drug-likeness (QED) is 0.361. The molecule has 3 aromatic carbocycles. The van der Waals surface area contributed by atoms with Crippen LogP contribution in [0.15, 0.2) is 65.6 Å². The largest absolute Gasteiger partial charge is 0.493 e. The average Bonchev–Trinajstić information content (AvgIpc) is 2.88. The molecule has 3 rings (SSSR count). The number of ether oxygens (including phenoxy) is 3. The van der Waals surface area contributed by atoms with E-state index in [0.29, 0.717) is 11.8 Å². The third-order valence-corrected chi connectivity index (χ3v) is 6.47. The van der Waals surface area contributed by atoms with Crippen LogP contribution in [0.3, 0.4) is 0 Å². The van der Waals surface area contributed by atoms with E-state index in [2.05, 4.69) is 10.0 Å². The Morgan fingerprint density at radius 2 is 1.61 bits per heavy atom. The maximum atomic E-state index is 13.1. The van der Waals surface area contributed by atoms with Crippen molar-refractivity contribution in [2.45, 2.75) is 18.0 Å². The van der Waals surface area contributed by atoms with Crippen molar-refractivity contribution in [2.24, 2.45) is 0 Å². The molecule has 0 aromatic heterocycles. The summed E-state index contributed by atoms with van der Waals surface area (Å²) in [5.41, 5.74) is -0.843. The van der Waals surface area contributed by atoms with Gasteiger partial charge in [-0.2, -0.15) is 13.2 Å². The maximum Gasteiger partial charge on any atom is 0.416 e. The molecule has 3 aromatic rings. The zero-order valence-electron chi connectivity index (χ0n) is 20.4. The Labute approximate surface area is 216 Å². The molecule has 0 aliphatic rings. The number of esters is 1. The summed E-state index contributed by atoms with van der Waals surface area (Å²) in [6, 6.07) is 11.5. The summed E-state index contributed by atoms with van der Waals surface area (Å²) >= 11 is 0. The molecule has 0 bridgehead atoms. The van der Waals surface area contributed by atoms with Gasteiger partial charge in [0.25, 0.3) is 15.9 Å². The predicted octanol–water partition coefficient (Wildman–Crippen LogP) is 4.95. The van der Waals surface area contributed by atoms with E-state index in [0.717, 1.165) is 24.3 Å². The lowest BCUT2D eigenvalue weighted by atomic mass is 10.1. The molecule has 0 aliphatic carbocycles. The van der Waals surface area contributed by atoms with Crippen LogP contribution in [0, 0.1) is 0 Å². The Balaban J connectivity index is 1.93. The molecule has 0 heterocycles. The van der Waals surface area contributed by atoms with E-state index in [4.69, 9.17) is 14.2 Å². The zero-order valence-corrected chi connectivity index (χ0v) is 21.2. The third kappa shape index (κ3) is 6.54. The molecule has 202 valence electrons. The summed E-state index contributed by atoms with van der Waals surface area (Å²) in [7, 11) is -2.04. The minimum Gasteiger partial charge on any atom is -0.493 e. The second-order valence-corrected chi connectivity index (χ2v) is 9.32. The van der Waals surface area contributed by atoms with Crippen LogP contribution in [0.25, 0.3) is 0 Å². The van der Waals surface area contributed by atoms with Gasteiger partial charge < -0.3 is 19.5 Å². The first kappa shape index (κ1) is 28.3. The molecule has 0 fully saturated rings. The van der Waals surface area contributed by atoms with E-state index < -0.39 is 38.5 Å². The van der Waals surface area contributed by atoms with Gasteiger partial charge in [-0.05, 0) is 61.5 Å². The van der Waals surface area contributed by atoms with Gasteiger partial charge in [0.05, 0.1) is 42.5 Å². The Morgan fingerprint density at radius 3 is 2.18 bits per heavy atom. The number of hydrogen-bond acceptors (Lipinski definition) is 7. The number of hydrogen-bond donors (Lipinski definition) is 2. The molecular weight excluding hydrogens is 529 g/mol. The van der Waals surface area contributed by atoms with Crippen molar-refractivity contribution in [3.63, 3.8) is 0 Å². The van der Waals surface area contributed by atoms with Crippen molar-refractivity contribution >= 4 is 33.3 Å². The Kier molecular flexibility index (Phi) is 8.51. The molecule has 0 saturated heterocycles. The number of alkyl halides is 3. The number of rotatable bonds is 9. The van der Waals surface area contributed by atoms with Gasteiger partial charge in [0, 0.05) is 11.3 Å². The minimum absolute atomic E-state index is 0.0143. The summed E-state index contributed by atoms with van der Waals surface area (Å²) in [4.78, 5) is 24.1. The zero-order chi connectivity index (χ0) is 28.1. The highest BCUT2D eigenvalue weighted by atomic mass is 32.2. The molecule has 13 heteroatoms. The van der Waals surface area contributed by atoms with E-state index >= 15 is 0 Å². The number of anilines is 2. The Hall–Kier alpha value is -4.26. The predicted molar refractivity (Wildman–Crippen MR) is 132 cm³/mol. The standard InChI is InChI=1S/C25H23F3N2O7S/c1-4-37-24(32)15-8-10-18(11-9-15)29-23(31)16-12-20(22(36-3)21(13-16)35-2)30-38(33,34)19-7-5-6-17(14-19)25(26,27)28/h5-14,30H,4H2,1-3H3,(H,29,31). The molecule has 2 N–H and O–H groups in total. The van der Waals surface area contributed by atoms with Crippen LogP contribution in [0.1, 0.15) is 33.2 Å². The van der Waals surface area contributed by atoms with Crippen molar-refractivity contribution in [3.05, 3.63) is 77.4 Å². The van der Waals surface area contributed by atoms with Gasteiger partial charge in [-0.15, -0.1) is 0 Å². The Bertz CT molecular complexity index is 1440. The van der Waals surface area contributed by atoms with Gasteiger partial charge in [-0.1, -0.05) is 6.07 Å². The van der Waals surface area contributed by atoms with Gasteiger partial charge in [0.1, 0.15) is 0 Å². The van der Waals surface area contributed by atoms with E-state index in [1.165, 1.54) is 44.6 Å². The van der Waals surface area contributed by atoms with Crippen LogP contribution >= 0.6 is 0 Å². The fraction of sp³-hybridized carbons (Fsp3) is 0.200. The molecular formula is C25H23F3N2O7S. The lowest BCUT2D eigenvalue weighted by molar-refractivity contribution is -0.137. The SMILES string of the molecule is CCOC(=O)c1ccc(NC(=O)c2cc(NS(=O)(=O)c3cccc(C(F)(F)F)c3)c(OC)c(OC)c2)cc1. The third-order valence-electron chi connectivity index (χ3n) is 5.11. The molecule has 38 heavy (non-hydrogen) atoms. The van der Waals surface area contributed by atoms with Crippen molar-refractivity contribution in [3.8, 4) is 11.5 Å². The fourth-order valence-electron chi connectivity index (χ4n) is 3.32. The number of sulfonamides is 1. The van der Waals surface area contributed by atoms with Gasteiger partial charge >= 0.3 is 12.1 Å². The summed E-state index contributed by atoms with van der Waals surface area (Å²) < 4.78 is 82.7. The molecule has 9 nitrogen and oxygen atoms in total. The van der Waals surface area contributed by atoms with Crippen molar-refractivity contribution < 1.29 is 45.4 Å². The van der Waals surface area contributed by atoms with Crippen LogP contribution < -0.4 is 19.5 Å². The molecule has 0 aliphatic heterocycles. The number of amides is 1. The van der Waals surface area contributed by atoms with Crippen LogP contribution in [-0.2, 0) is 20.9 Å². The molecule has 0 saturated carbocycles. The highest BCUT2D eigenvalue weighted by Crippen LogP contribution is 2.38. The van der Waals surface area contributed by atoms with E-state index in [1.807, 2.05) is 0 Å². The van der Waals surface area contributed by atoms with E-state index in [-0.39, 0.29) is 34.9 Å². The van der Waals surface area contributed by atoms with Crippen LogP contribution in [0.4, 0.5) is 24.5 Å². The number of methoxy groups -OCH3 is 2. The normalized spacial score (nSPS) is 11.4. The van der Waals surface area contributed by atoms with Gasteiger partial charge in [-0.25, -0.2) is 13.2 Å². The molecule has 0 radical (unpaired) electrons. The van der Waals surface area contributed by atoms with E-state index in [1.54, 1.807) is 6.92 Å². The summed E-state index contributed by atoms with van der Waals surface area (Å²) in [5.74, 6) is -1.31. The highest BCUT2D eigenvalue weighted by molar-refractivity contribution is 7.92. The first-order valence-electron chi connectivity index (χ1n) is 10.9. The Morgan fingerprint density at radius 1 is 0.921 bits per heavy atom. The van der Waals surface area contributed by atoms with Crippen molar-refractivity contribution in [1.82, 2.24) is 0 Å².